The van der Waals surface area contributed by atoms with Crippen LogP contribution in [0.4, 0.5) is 0 Å². The van der Waals surface area contributed by atoms with Crippen LogP contribution in [-0.4, -0.2) is 62.1 Å². The lowest BCUT2D eigenvalue weighted by atomic mass is 9.88. The number of hydrogen-bond donors (Lipinski definition) is 1. The van der Waals surface area contributed by atoms with Gasteiger partial charge in [0.15, 0.2) is 0 Å². The predicted molar refractivity (Wildman–Crippen MR) is 109 cm³/mol. The summed E-state index contributed by atoms with van der Waals surface area (Å²) in [5.74, 6) is 1.35. The van der Waals surface area contributed by atoms with Crippen molar-refractivity contribution in [1.29, 1.82) is 0 Å². The molecule has 1 aromatic rings. The predicted octanol–water partition coefficient (Wildman–Crippen LogP) is 3.07. The molecule has 1 aliphatic heterocycles. The van der Waals surface area contributed by atoms with E-state index in [1.165, 1.54) is 24.8 Å². The largest absolute Gasteiger partial charge is 0.496 e. The lowest BCUT2D eigenvalue weighted by Gasteiger charge is -2.39. The summed E-state index contributed by atoms with van der Waals surface area (Å²) < 4.78 is 5.63. The van der Waals surface area contributed by atoms with Gasteiger partial charge in [-0.2, -0.15) is 0 Å². The standard InChI is InChI=1S/C22H35N3O2/c1-3-24-13-15-25(16-14-24)20(19-11-7-8-12-21(19)27-2)17-23-22(26)18-9-5-4-6-10-18/h7-8,11-12,18,20H,3-6,9-10,13-17H2,1-2H3,(H,23,26). The van der Waals surface area contributed by atoms with Gasteiger partial charge in [-0.05, 0) is 25.5 Å². The molecule has 2 fully saturated rings. The van der Waals surface area contributed by atoms with Crippen molar-refractivity contribution in [1.82, 2.24) is 15.1 Å². The lowest BCUT2D eigenvalue weighted by molar-refractivity contribution is -0.126. The molecule has 1 atom stereocenters. The van der Waals surface area contributed by atoms with Gasteiger partial charge in [-0.3, -0.25) is 9.69 Å². The second-order valence-electron chi connectivity index (χ2n) is 7.81. The van der Waals surface area contributed by atoms with E-state index in [-0.39, 0.29) is 17.9 Å². The average molecular weight is 374 g/mol. The molecule has 150 valence electrons. The summed E-state index contributed by atoms with van der Waals surface area (Å²) in [5.41, 5.74) is 1.17. The molecule has 2 aliphatic rings. The molecule has 1 amide bonds. The number of ether oxygens (including phenoxy) is 1. The third-order valence-electron chi connectivity index (χ3n) is 6.24. The highest BCUT2D eigenvalue weighted by atomic mass is 16.5. The second-order valence-corrected chi connectivity index (χ2v) is 7.81. The van der Waals surface area contributed by atoms with E-state index in [4.69, 9.17) is 4.74 Å². The van der Waals surface area contributed by atoms with Gasteiger partial charge in [0.25, 0.3) is 0 Å². The monoisotopic (exact) mass is 373 g/mol. The molecular formula is C22H35N3O2. The van der Waals surface area contributed by atoms with E-state index in [9.17, 15) is 4.79 Å². The number of carbonyl (C=O) groups excluding carboxylic acids is 1. The van der Waals surface area contributed by atoms with Crippen LogP contribution in [0, 0.1) is 5.92 Å². The van der Waals surface area contributed by atoms with E-state index in [1.807, 2.05) is 12.1 Å². The molecular weight excluding hydrogens is 338 g/mol. The van der Waals surface area contributed by atoms with Crippen LogP contribution in [0.3, 0.4) is 0 Å². The Morgan fingerprint density at radius 3 is 2.52 bits per heavy atom. The van der Waals surface area contributed by atoms with Gasteiger partial charge in [-0.15, -0.1) is 0 Å². The zero-order valence-corrected chi connectivity index (χ0v) is 17.0. The number of hydrogen-bond acceptors (Lipinski definition) is 4. The van der Waals surface area contributed by atoms with Crippen molar-refractivity contribution in [3.63, 3.8) is 0 Å². The molecule has 1 aromatic carbocycles. The van der Waals surface area contributed by atoms with Gasteiger partial charge >= 0.3 is 0 Å². The van der Waals surface area contributed by atoms with Crippen molar-refractivity contribution in [3.05, 3.63) is 29.8 Å². The molecule has 0 bridgehead atoms. The first-order valence-corrected chi connectivity index (χ1v) is 10.6. The van der Waals surface area contributed by atoms with Crippen LogP contribution in [0.2, 0.25) is 0 Å². The maximum atomic E-state index is 12.7. The number of rotatable bonds is 7. The number of piperazine rings is 1. The maximum Gasteiger partial charge on any atom is 0.223 e. The molecule has 0 radical (unpaired) electrons. The zero-order valence-electron chi connectivity index (χ0n) is 17.0. The minimum absolute atomic E-state index is 0.160. The Morgan fingerprint density at radius 2 is 1.85 bits per heavy atom. The Hall–Kier alpha value is -1.59. The van der Waals surface area contributed by atoms with Crippen molar-refractivity contribution >= 4 is 5.91 Å². The molecule has 1 heterocycles. The van der Waals surface area contributed by atoms with Crippen LogP contribution < -0.4 is 10.1 Å². The highest BCUT2D eigenvalue weighted by molar-refractivity contribution is 5.78. The Kier molecular flexibility index (Phi) is 7.53. The van der Waals surface area contributed by atoms with Crippen molar-refractivity contribution in [3.8, 4) is 5.75 Å². The van der Waals surface area contributed by atoms with Gasteiger partial charge in [0.05, 0.1) is 13.2 Å². The molecule has 3 rings (SSSR count). The summed E-state index contributed by atoms with van der Waals surface area (Å²) in [6.45, 7) is 8.19. The summed E-state index contributed by atoms with van der Waals surface area (Å²) in [5, 5.41) is 3.28. The van der Waals surface area contributed by atoms with E-state index in [0.717, 1.165) is 51.3 Å². The van der Waals surface area contributed by atoms with E-state index < -0.39 is 0 Å². The van der Waals surface area contributed by atoms with Crippen LogP contribution in [-0.2, 0) is 4.79 Å². The average Bonchev–Trinajstić information content (AvgIpc) is 2.75. The van der Waals surface area contributed by atoms with E-state index in [1.54, 1.807) is 7.11 Å². The van der Waals surface area contributed by atoms with Gasteiger partial charge in [0.2, 0.25) is 5.91 Å². The first-order valence-electron chi connectivity index (χ1n) is 10.6. The summed E-state index contributed by atoms with van der Waals surface area (Å²) in [7, 11) is 1.73. The fraction of sp³-hybridized carbons (Fsp3) is 0.682. The quantitative estimate of drug-likeness (QED) is 0.798. The molecule has 5 nitrogen and oxygen atoms in total. The SMILES string of the molecule is CCN1CCN(C(CNC(=O)C2CCCCC2)c2ccccc2OC)CC1. The number of nitrogens with one attached hydrogen (secondary N) is 1. The number of para-hydroxylation sites is 1. The maximum absolute atomic E-state index is 12.7. The Morgan fingerprint density at radius 1 is 1.15 bits per heavy atom. The summed E-state index contributed by atoms with van der Waals surface area (Å²) in [6.07, 6.45) is 5.73. The summed E-state index contributed by atoms with van der Waals surface area (Å²) in [6, 6.07) is 8.40. The van der Waals surface area contributed by atoms with Crippen LogP contribution in [0.15, 0.2) is 24.3 Å². The van der Waals surface area contributed by atoms with E-state index >= 15 is 0 Å². The van der Waals surface area contributed by atoms with E-state index in [2.05, 4.69) is 34.2 Å². The third kappa shape index (κ3) is 5.23. The molecule has 0 spiro atoms. The van der Waals surface area contributed by atoms with Crippen LogP contribution in [0.5, 0.6) is 5.75 Å². The summed E-state index contributed by atoms with van der Waals surface area (Å²) >= 11 is 0. The van der Waals surface area contributed by atoms with Crippen molar-refractivity contribution in [2.45, 2.75) is 45.1 Å². The lowest BCUT2D eigenvalue weighted by Crippen LogP contribution is -2.50. The van der Waals surface area contributed by atoms with Crippen LogP contribution >= 0.6 is 0 Å². The number of nitrogens with zero attached hydrogens (tertiary/aromatic N) is 2. The first-order chi connectivity index (χ1) is 13.2. The molecule has 1 N–H and O–H groups in total. The Bertz CT molecular complexity index is 593. The topological polar surface area (TPSA) is 44.8 Å². The fourth-order valence-corrected chi connectivity index (χ4v) is 4.48. The van der Waals surface area contributed by atoms with Crippen molar-refractivity contribution in [2.75, 3.05) is 46.4 Å². The van der Waals surface area contributed by atoms with Crippen molar-refractivity contribution in [2.24, 2.45) is 5.92 Å². The number of benzene rings is 1. The number of carbonyl (C=O) groups is 1. The highest BCUT2D eigenvalue weighted by Gasteiger charge is 2.28. The minimum Gasteiger partial charge on any atom is -0.496 e. The molecule has 1 aliphatic carbocycles. The zero-order chi connectivity index (χ0) is 19.1. The third-order valence-corrected chi connectivity index (χ3v) is 6.24. The number of methoxy groups -OCH3 is 1. The van der Waals surface area contributed by atoms with Gasteiger partial charge in [-0.25, -0.2) is 0 Å². The molecule has 1 saturated carbocycles. The smallest absolute Gasteiger partial charge is 0.223 e. The van der Waals surface area contributed by atoms with Gasteiger partial charge < -0.3 is 15.0 Å². The minimum atomic E-state index is 0.160. The number of likely N-dealkylation sites (N-methyl/N-ethyl adjacent to an activating group) is 1. The number of amides is 1. The van der Waals surface area contributed by atoms with Crippen LogP contribution in [0.25, 0.3) is 0 Å². The fourth-order valence-electron chi connectivity index (χ4n) is 4.48. The Balaban J connectivity index is 1.70. The molecule has 0 aromatic heterocycles. The molecule has 27 heavy (non-hydrogen) atoms. The highest BCUT2D eigenvalue weighted by Crippen LogP contribution is 2.30. The molecule has 1 unspecified atom stereocenters. The Labute approximate surface area is 164 Å². The van der Waals surface area contributed by atoms with Gasteiger partial charge in [0, 0.05) is 44.2 Å². The van der Waals surface area contributed by atoms with Crippen molar-refractivity contribution < 1.29 is 9.53 Å². The summed E-state index contributed by atoms with van der Waals surface area (Å²) in [4.78, 5) is 17.7. The second kappa shape index (κ2) is 10.1. The molecule has 1 saturated heterocycles. The first kappa shape index (κ1) is 20.2. The van der Waals surface area contributed by atoms with Gasteiger partial charge in [0.1, 0.15) is 5.75 Å². The molecule has 5 heteroatoms. The van der Waals surface area contributed by atoms with E-state index in [0.29, 0.717) is 6.54 Å². The van der Waals surface area contributed by atoms with Crippen LogP contribution in [0.1, 0.15) is 50.6 Å². The normalized spacial score (nSPS) is 21.0. The van der Waals surface area contributed by atoms with Gasteiger partial charge in [-0.1, -0.05) is 44.4 Å².